The average Bonchev–Trinajstić information content (AvgIpc) is 2.81. The van der Waals surface area contributed by atoms with Gasteiger partial charge in [-0.1, -0.05) is 30.3 Å². The van der Waals surface area contributed by atoms with E-state index in [9.17, 15) is 8.42 Å². The molecule has 2 heterocycles. The van der Waals surface area contributed by atoms with Gasteiger partial charge in [0.15, 0.2) is 0 Å². The summed E-state index contributed by atoms with van der Waals surface area (Å²) in [6.45, 7) is 5.85. The fraction of sp³-hybridized carbons (Fsp3) is 0.480. The Morgan fingerprint density at radius 1 is 1.00 bits per heavy atom. The molecule has 34 heavy (non-hydrogen) atoms. The Bertz CT molecular complexity index is 1060. The van der Waals surface area contributed by atoms with E-state index in [0.717, 1.165) is 38.5 Å². The van der Waals surface area contributed by atoms with E-state index in [1.54, 1.807) is 0 Å². The average molecular weight is 485 g/mol. The van der Waals surface area contributed by atoms with Crippen LogP contribution in [0.4, 0.5) is 0 Å². The molecule has 2 aromatic carbocycles. The van der Waals surface area contributed by atoms with Crippen molar-refractivity contribution in [1.29, 1.82) is 5.26 Å². The fourth-order valence-corrected chi connectivity index (χ4v) is 5.41. The fourth-order valence-electron chi connectivity index (χ4n) is 4.59. The van der Waals surface area contributed by atoms with Crippen molar-refractivity contribution in [2.24, 2.45) is 0 Å². The van der Waals surface area contributed by atoms with Gasteiger partial charge in [-0.05, 0) is 29.8 Å². The molecule has 2 fully saturated rings. The second-order valence-electron chi connectivity index (χ2n) is 8.97. The predicted molar refractivity (Wildman–Crippen MR) is 130 cm³/mol. The van der Waals surface area contributed by atoms with Crippen molar-refractivity contribution in [3.63, 3.8) is 0 Å². The summed E-state index contributed by atoms with van der Waals surface area (Å²) in [5.41, 5.74) is 1.87. The zero-order valence-electron chi connectivity index (χ0n) is 19.5. The molecule has 2 aliphatic heterocycles. The monoisotopic (exact) mass is 484 g/mol. The number of nitriles is 1. The molecule has 8 nitrogen and oxygen atoms in total. The molecule has 2 unspecified atom stereocenters. The third kappa shape index (κ3) is 7.01. The minimum Gasteiger partial charge on any atom is -0.492 e. The van der Waals surface area contributed by atoms with Gasteiger partial charge in [0.1, 0.15) is 12.4 Å². The third-order valence-corrected chi connectivity index (χ3v) is 7.51. The summed E-state index contributed by atoms with van der Waals surface area (Å²) in [6, 6.07) is 19.3. The van der Waals surface area contributed by atoms with Gasteiger partial charge < -0.3 is 9.47 Å². The van der Waals surface area contributed by atoms with Crippen LogP contribution in [0.2, 0.25) is 0 Å². The Kier molecular flexibility index (Phi) is 8.19. The number of hydrogen-bond acceptors (Lipinski definition) is 7. The third-order valence-electron chi connectivity index (χ3n) is 6.21. The molecule has 0 amide bonds. The maximum absolute atomic E-state index is 12.3. The Labute approximate surface area is 202 Å². The lowest BCUT2D eigenvalue weighted by atomic mass is 10.1. The number of fused-ring (bicyclic) bond motifs is 2. The van der Waals surface area contributed by atoms with Crippen molar-refractivity contribution in [2.75, 3.05) is 58.7 Å². The molecule has 0 saturated carbocycles. The van der Waals surface area contributed by atoms with Crippen LogP contribution < -0.4 is 4.74 Å². The van der Waals surface area contributed by atoms with Gasteiger partial charge in [0.25, 0.3) is 0 Å². The molecule has 9 heteroatoms. The molecule has 2 bridgehead atoms. The van der Waals surface area contributed by atoms with Crippen molar-refractivity contribution >= 4 is 10.0 Å². The zero-order chi connectivity index (χ0) is 24.0. The van der Waals surface area contributed by atoms with Crippen LogP contribution in [0.1, 0.15) is 11.1 Å². The summed E-state index contributed by atoms with van der Waals surface area (Å²) in [4.78, 5) is 4.72. The highest BCUT2D eigenvalue weighted by atomic mass is 32.2. The van der Waals surface area contributed by atoms with Crippen LogP contribution in [0.15, 0.2) is 54.6 Å². The summed E-state index contributed by atoms with van der Waals surface area (Å²) in [7, 11) is -3.32. The Hall–Kier alpha value is -2.48. The first-order valence-corrected chi connectivity index (χ1v) is 13.5. The van der Waals surface area contributed by atoms with Crippen LogP contribution in [-0.4, -0.2) is 93.4 Å². The van der Waals surface area contributed by atoms with Gasteiger partial charge in [-0.25, -0.2) is 8.42 Å². The second-order valence-corrected chi connectivity index (χ2v) is 10.9. The van der Waals surface area contributed by atoms with Crippen molar-refractivity contribution in [1.82, 2.24) is 14.1 Å². The lowest BCUT2D eigenvalue weighted by Crippen LogP contribution is -2.60. The lowest BCUT2D eigenvalue weighted by Gasteiger charge is -2.46. The van der Waals surface area contributed by atoms with Gasteiger partial charge in [0.05, 0.1) is 30.1 Å². The summed E-state index contributed by atoms with van der Waals surface area (Å²) < 4.78 is 38.0. The maximum Gasteiger partial charge on any atom is 0.211 e. The van der Waals surface area contributed by atoms with E-state index in [1.807, 2.05) is 54.6 Å². The molecular weight excluding hydrogens is 452 g/mol. The Balaban J connectivity index is 1.25. The van der Waals surface area contributed by atoms with E-state index in [-0.39, 0.29) is 12.2 Å². The standard InChI is InChI=1S/C25H32N4O4S/c1-34(30,31)29(13-14-32-23-5-3-2-4-6-23)12-11-27-17-24-19-28(20-25(18-27)33-24)16-22-9-7-21(15-26)8-10-22/h2-10,24-25H,11-14,16-20H2,1H3. The smallest absolute Gasteiger partial charge is 0.211 e. The van der Waals surface area contributed by atoms with Crippen LogP contribution in [0.3, 0.4) is 0 Å². The molecule has 2 aliphatic rings. The largest absolute Gasteiger partial charge is 0.492 e. The number of hydrogen-bond donors (Lipinski definition) is 0. The molecule has 0 N–H and O–H groups in total. The number of ether oxygens (including phenoxy) is 2. The number of morpholine rings is 2. The van der Waals surface area contributed by atoms with Crippen molar-refractivity contribution in [3.8, 4) is 11.8 Å². The summed E-state index contributed by atoms with van der Waals surface area (Å²) in [6.07, 6.45) is 1.47. The molecule has 0 aliphatic carbocycles. The van der Waals surface area contributed by atoms with Gasteiger partial charge in [-0.2, -0.15) is 9.57 Å². The number of rotatable bonds is 10. The van der Waals surface area contributed by atoms with Crippen molar-refractivity contribution in [3.05, 3.63) is 65.7 Å². The number of benzene rings is 2. The molecule has 0 aromatic heterocycles. The molecular formula is C25H32N4O4S. The normalized spacial score (nSPS) is 21.3. The minimum atomic E-state index is -3.32. The van der Waals surface area contributed by atoms with Crippen LogP contribution in [0, 0.1) is 11.3 Å². The molecule has 2 aromatic rings. The topological polar surface area (TPSA) is 86.1 Å². The number of para-hydroxylation sites is 1. The highest BCUT2D eigenvalue weighted by molar-refractivity contribution is 7.88. The second kappa shape index (κ2) is 11.3. The van der Waals surface area contributed by atoms with E-state index in [0.29, 0.717) is 31.8 Å². The SMILES string of the molecule is CS(=O)(=O)N(CCOc1ccccc1)CCN1CC2CN(Cc3ccc(C#N)cc3)CC(C1)O2. The van der Waals surface area contributed by atoms with Gasteiger partial charge in [-0.15, -0.1) is 0 Å². The predicted octanol–water partition coefficient (Wildman–Crippen LogP) is 1.78. The number of sulfonamides is 1. The highest BCUT2D eigenvalue weighted by Gasteiger charge is 2.35. The lowest BCUT2D eigenvalue weighted by molar-refractivity contribution is -0.140. The van der Waals surface area contributed by atoms with E-state index in [1.165, 1.54) is 16.1 Å². The molecule has 0 radical (unpaired) electrons. The minimum absolute atomic E-state index is 0.110. The maximum atomic E-state index is 12.3. The molecule has 0 spiro atoms. The van der Waals surface area contributed by atoms with Crippen LogP contribution >= 0.6 is 0 Å². The van der Waals surface area contributed by atoms with Crippen LogP contribution in [0.25, 0.3) is 0 Å². The van der Waals surface area contributed by atoms with E-state index < -0.39 is 10.0 Å². The van der Waals surface area contributed by atoms with Gasteiger partial charge in [0.2, 0.25) is 10.0 Å². The van der Waals surface area contributed by atoms with E-state index >= 15 is 0 Å². The Morgan fingerprint density at radius 3 is 2.26 bits per heavy atom. The van der Waals surface area contributed by atoms with Gasteiger partial charge >= 0.3 is 0 Å². The molecule has 182 valence electrons. The van der Waals surface area contributed by atoms with Crippen molar-refractivity contribution in [2.45, 2.75) is 18.8 Å². The van der Waals surface area contributed by atoms with E-state index in [4.69, 9.17) is 14.7 Å². The van der Waals surface area contributed by atoms with E-state index in [2.05, 4.69) is 15.9 Å². The summed E-state index contributed by atoms with van der Waals surface area (Å²) in [5, 5.41) is 8.97. The number of nitrogens with zero attached hydrogens (tertiary/aromatic N) is 4. The summed E-state index contributed by atoms with van der Waals surface area (Å²) >= 11 is 0. The molecule has 2 saturated heterocycles. The molecule has 2 atom stereocenters. The van der Waals surface area contributed by atoms with Gasteiger partial charge in [0, 0.05) is 52.4 Å². The highest BCUT2D eigenvalue weighted by Crippen LogP contribution is 2.21. The molecule has 4 rings (SSSR count). The Morgan fingerprint density at radius 2 is 1.65 bits per heavy atom. The van der Waals surface area contributed by atoms with Crippen LogP contribution in [0.5, 0.6) is 5.75 Å². The quantitative estimate of drug-likeness (QED) is 0.508. The zero-order valence-corrected chi connectivity index (χ0v) is 20.4. The first-order valence-electron chi connectivity index (χ1n) is 11.6. The first-order chi connectivity index (χ1) is 16.4. The van der Waals surface area contributed by atoms with Crippen molar-refractivity contribution < 1.29 is 17.9 Å². The van der Waals surface area contributed by atoms with Crippen LogP contribution in [-0.2, 0) is 21.3 Å². The first kappa shape index (κ1) is 24.6. The van der Waals surface area contributed by atoms with Gasteiger partial charge in [-0.3, -0.25) is 9.80 Å². The summed E-state index contributed by atoms with van der Waals surface area (Å²) in [5.74, 6) is 0.738.